The van der Waals surface area contributed by atoms with Crippen LogP contribution in [0.4, 0.5) is 4.79 Å². The number of oxazole rings is 1. The molecule has 0 fully saturated rings. The van der Waals surface area contributed by atoms with E-state index in [2.05, 4.69) is 15.0 Å². The fourth-order valence-electron chi connectivity index (χ4n) is 1.52. The van der Waals surface area contributed by atoms with Gasteiger partial charge in [0.05, 0.1) is 17.7 Å². The second-order valence-corrected chi connectivity index (χ2v) is 4.62. The molecule has 18 heavy (non-hydrogen) atoms. The number of methoxy groups -OCH3 is 1. The number of ether oxygens (including phenoxy) is 1. The summed E-state index contributed by atoms with van der Waals surface area (Å²) in [5.41, 5.74) is 0.856. The molecule has 0 aliphatic carbocycles. The standard InChI is InChI=1S/C12H14N2O3S/c1-8-9(5-6-13-12(15)16-2)14-11(17-8)10-4-3-7-18-10/h3-4,7H,5-6H2,1-2H3,(H,13,15). The summed E-state index contributed by atoms with van der Waals surface area (Å²) >= 11 is 1.58. The predicted molar refractivity (Wildman–Crippen MR) is 68.7 cm³/mol. The first-order valence-corrected chi connectivity index (χ1v) is 6.40. The lowest BCUT2D eigenvalue weighted by atomic mass is 10.3. The first-order chi connectivity index (χ1) is 8.70. The molecule has 5 nitrogen and oxygen atoms in total. The minimum Gasteiger partial charge on any atom is -0.453 e. The molecule has 0 aliphatic heterocycles. The van der Waals surface area contributed by atoms with Gasteiger partial charge in [-0.25, -0.2) is 9.78 Å². The molecule has 1 amide bonds. The molecule has 0 saturated carbocycles. The van der Waals surface area contributed by atoms with E-state index in [-0.39, 0.29) is 0 Å². The third kappa shape index (κ3) is 2.89. The molecule has 0 saturated heterocycles. The minimum atomic E-state index is -0.436. The van der Waals surface area contributed by atoms with Gasteiger partial charge < -0.3 is 14.5 Å². The summed E-state index contributed by atoms with van der Waals surface area (Å²) < 4.78 is 10.1. The van der Waals surface area contributed by atoms with Crippen LogP contribution in [0.25, 0.3) is 10.8 Å². The average Bonchev–Trinajstić information content (AvgIpc) is 2.99. The van der Waals surface area contributed by atoms with Gasteiger partial charge in [-0.2, -0.15) is 0 Å². The Labute approximate surface area is 109 Å². The Kier molecular flexibility index (Phi) is 3.99. The second kappa shape index (κ2) is 5.68. The molecule has 0 unspecified atom stereocenters. The monoisotopic (exact) mass is 266 g/mol. The summed E-state index contributed by atoms with van der Waals surface area (Å²) in [4.78, 5) is 16.3. The number of alkyl carbamates (subject to hydrolysis) is 1. The van der Waals surface area contributed by atoms with Gasteiger partial charge in [0.15, 0.2) is 0 Å². The van der Waals surface area contributed by atoms with E-state index < -0.39 is 6.09 Å². The van der Waals surface area contributed by atoms with Gasteiger partial charge in [-0.15, -0.1) is 11.3 Å². The van der Waals surface area contributed by atoms with Gasteiger partial charge in [0, 0.05) is 13.0 Å². The van der Waals surface area contributed by atoms with Crippen LogP contribution in [0.5, 0.6) is 0 Å². The van der Waals surface area contributed by atoms with Gasteiger partial charge in [-0.05, 0) is 18.4 Å². The summed E-state index contributed by atoms with van der Waals surface area (Å²) in [6.07, 6.45) is 0.185. The van der Waals surface area contributed by atoms with Crippen LogP contribution < -0.4 is 5.32 Å². The molecule has 1 N–H and O–H groups in total. The highest BCUT2D eigenvalue weighted by atomic mass is 32.1. The number of hydrogen-bond acceptors (Lipinski definition) is 5. The zero-order valence-corrected chi connectivity index (χ0v) is 11.0. The molecule has 0 atom stereocenters. The van der Waals surface area contributed by atoms with Gasteiger partial charge in [0.2, 0.25) is 5.89 Å². The normalized spacial score (nSPS) is 10.3. The summed E-state index contributed by atoms with van der Waals surface area (Å²) in [5, 5.41) is 4.59. The summed E-state index contributed by atoms with van der Waals surface area (Å²) in [7, 11) is 1.34. The van der Waals surface area contributed by atoms with Gasteiger partial charge in [0.1, 0.15) is 5.76 Å². The number of rotatable bonds is 4. The lowest BCUT2D eigenvalue weighted by Gasteiger charge is -2.01. The van der Waals surface area contributed by atoms with E-state index >= 15 is 0 Å². The van der Waals surface area contributed by atoms with E-state index in [1.165, 1.54) is 7.11 Å². The number of hydrogen-bond donors (Lipinski definition) is 1. The van der Waals surface area contributed by atoms with Gasteiger partial charge in [-0.3, -0.25) is 0 Å². The topological polar surface area (TPSA) is 64.4 Å². The minimum absolute atomic E-state index is 0.436. The number of aromatic nitrogens is 1. The maximum absolute atomic E-state index is 10.9. The van der Waals surface area contributed by atoms with Crippen molar-refractivity contribution in [3.05, 3.63) is 29.0 Å². The van der Waals surface area contributed by atoms with Crippen LogP contribution in [-0.4, -0.2) is 24.7 Å². The zero-order chi connectivity index (χ0) is 13.0. The van der Waals surface area contributed by atoms with E-state index in [1.54, 1.807) is 11.3 Å². The molecular formula is C12H14N2O3S. The number of carbonyl (C=O) groups excluding carboxylic acids is 1. The van der Waals surface area contributed by atoms with E-state index in [9.17, 15) is 4.79 Å². The Bertz CT molecular complexity index is 519. The maximum Gasteiger partial charge on any atom is 0.406 e. The van der Waals surface area contributed by atoms with Crippen LogP contribution >= 0.6 is 11.3 Å². The van der Waals surface area contributed by atoms with Gasteiger partial charge in [0.25, 0.3) is 0 Å². The van der Waals surface area contributed by atoms with Gasteiger partial charge >= 0.3 is 6.09 Å². The van der Waals surface area contributed by atoms with Crippen molar-refractivity contribution in [2.24, 2.45) is 0 Å². The van der Waals surface area contributed by atoms with Crippen molar-refractivity contribution in [3.8, 4) is 10.8 Å². The van der Waals surface area contributed by atoms with E-state index in [0.29, 0.717) is 18.9 Å². The van der Waals surface area contributed by atoms with Crippen molar-refractivity contribution in [2.75, 3.05) is 13.7 Å². The van der Waals surface area contributed by atoms with Crippen molar-refractivity contribution in [1.82, 2.24) is 10.3 Å². The molecule has 2 rings (SSSR count). The van der Waals surface area contributed by atoms with Crippen LogP contribution in [-0.2, 0) is 11.2 Å². The van der Waals surface area contributed by atoms with Crippen molar-refractivity contribution >= 4 is 17.4 Å². The SMILES string of the molecule is COC(=O)NCCc1nc(-c2cccs2)oc1C. The zero-order valence-electron chi connectivity index (χ0n) is 10.2. The molecule has 2 aromatic rings. The molecule has 0 aliphatic rings. The van der Waals surface area contributed by atoms with Crippen LogP contribution in [0.1, 0.15) is 11.5 Å². The lowest BCUT2D eigenvalue weighted by molar-refractivity contribution is 0.171. The van der Waals surface area contributed by atoms with E-state index in [0.717, 1.165) is 16.3 Å². The third-order valence-corrected chi connectivity index (χ3v) is 3.30. The van der Waals surface area contributed by atoms with Crippen molar-refractivity contribution in [3.63, 3.8) is 0 Å². The molecule has 2 heterocycles. The highest BCUT2D eigenvalue weighted by molar-refractivity contribution is 7.13. The Balaban J connectivity index is 1.99. The first-order valence-electron chi connectivity index (χ1n) is 5.52. The predicted octanol–water partition coefficient (Wildman–Crippen LogP) is 2.61. The molecular weight excluding hydrogens is 252 g/mol. The average molecular weight is 266 g/mol. The number of carbonyl (C=O) groups is 1. The van der Waals surface area contributed by atoms with Crippen molar-refractivity contribution < 1.29 is 13.9 Å². The molecule has 0 bridgehead atoms. The number of nitrogens with zero attached hydrogens (tertiary/aromatic N) is 1. The fourth-order valence-corrected chi connectivity index (χ4v) is 2.17. The molecule has 0 spiro atoms. The summed E-state index contributed by atoms with van der Waals surface area (Å²) in [6, 6.07) is 3.92. The number of nitrogens with one attached hydrogen (secondary N) is 1. The highest BCUT2D eigenvalue weighted by Crippen LogP contribution is 2.25. The van der Waals surface area contributed by atoms with Crippen LogP contribution in [0, 0.1) is 6.92 Å². The number of aryl methyl sites for hydroxylation is 1. The maximum atomic E-state index is 10.9. The second-order valence-electron chi connectivity index (χ2n) is 3.67. The van der Waals surface area contributed by atoms with Crippen molar-refractivity contribution in [1.29, 1.82) is 0 Å². The summed E-state index contributed by atoms with van der Waals surface area (Å²) in [5.74, 6) is 1.42. The number of thiophene rings is 1. The Morgan fingerprint density at radius 1 is 1.61 bits per heavy atom. The highest BCUT2D eigenvalue weighted by Gasteiger charge is 2.12. The van der Waals surface area contributed by atoms with Crippen LogP contribution in [0.15, 0.2) is 21.9 Å². The Hall–Kier alpha value is -1.82. The van der Waals surface area contributed by atoms with E-state index in [4.69, 9.17) is 4.42 Å². The largest absolute Gasteiger partial charge is 0.453 e. The quantitative estimate of drug-likeness (QED) is 0.923. The molecule has 0 aromatic carbocycles. The molecule has 0 radical (unpaired) electrons. The third-order valence-electron chi connectivity index (χ3n) is 2.44. The van der Waals surface area contributed by atoms with Crippen LogP contribution in [0.3, 0.4) is 0 Å². The van der Waals surface area contributed by atoms with E-state index in [1.807, 2.05) is 24.4 Å². The van der Waals surface area contributed by atoms with Crippen LogP contribution in [0.2, 0.25) is 0 Å². The lowest BCUT2D eigenvalue weighted by Crippen LogP contribution is -2.25. The molecule has 6 heteroatoms. The Morgan fingerprint density at radius 2 is 2.44 bits per heavy atom. The summed E-state index contributed by atoms with van der Waals surface area (Å²) in [6.45, 7) is 2.35. The van der Waals surface area contributed by atoms with Crippen molar-refractivity contribution in [2.45, 2.75) is 13.3 Å². The fraction of sp³-hybridized carbons (Fsp3) is 0.333. The van der Waals surface area contributed by atoms with Gasteiger partial charge in [-0.1, -0.05) is 6.07 Å². The molecule has 2 aromatic heterocycles. The first kappa shape index (κ1) is 12.6. The smallest absolute Gasteiger partial charge is 0.406 e. The molecule has 96 valence electrons. The Morgan fingerprint density at radius 3 is 3.11 bits per heavy atom. The number of amides is 1.